The van der Waals surface area contributed by atoms with E-state index in [0.717, 1.165) is 23.8 Å². The summed E-state index contributed by atoms with van der Waals surface area (Å²) < 4.78 is 35.7. The molecule has 0 aliphatic carbocycles. The zero-order valence-corrected chi connectivity index (χ0v) is 16.0. The third-order valence-electron chi connectivity index (χ3n) is 4.47. The average Bonchev–Trinajstić information content (AvgIpc) is 3.46. The number of halogens is 3. The van der Waals surface area contributed by atoms with Gasteiger partial charge in [-0.25, -0.2) is 14.5 Å². The molecule has 0 atom stereocenters. The lowest BCUT2D eigenvalue weighted by molar-refractivity contribution is -0.192. The fourth-order valence-corrected chi connectivity index (χ4v) is 3.08. The summed E-state index contributed by atoms with van der Waals surface area (Å²) in [6.45, 7) is 3.86. The first-order valence-electron chi connectivity index (χ1n) is 9.32. The number of benzene rings is 1. The van der Waals surface area contributed by atoms with Crippen LogP contribution in [-0.2, 0) is 17.9 Å². The van der Waals surface area contributed by atoms with Gasteiger partial charge >= 0.3 is 12.1 Å². The van der Waals surface area contributed by atoms with E-state index in [9.17, 15) is 13.2 Å². The summed E-state index contributed by atoms with van der Waals surface area (Å²) in [5.41, 5.74) is 2.14. The van der Waals surface area contributed by atoms with Crippen molar-refractivity contribution in [2.24, 2.45) is 0 Å². The van der Waals surface area contributed by atoms with Gasteiger partial charge in [-0.3, -0.25) is 4.90 Å². The number of nitrogens with zero attached hydrogens (tertiary/aromatic N) is 6. The maximum Gasteiger partial charge on any atom is 0.490 e. The molecule has 1 aliphatic rings. The summed E-state index contributed by atoms with van der Waals surface area (Å²) in [7, 11) is 0. The second kappa shape index (κ2) is 9.53. The summed E-state index contributed by atoms with van der Waals surface area (Å²) in [6.07, 6.45) is 3.34. The topological polar surface area (TPSA) is 89.1 Å². The number of hydrogen-bond acceptors (Lipinski definition) is 5. The molecular weight excluding hydrogens is 401 g/mol. The first-order valence-corrected chi connectivity index (χ1v) is 9.32. The maximum atomic E-state index is 10.6. The predicted molar refractivity (Wildman–Crippen MR) is 101 cm³/mol. The number of alkyl halides is 3. The molecule has 0 amide bonds. The Kier molecular flexibility index (Phi) is 6.83. The highest BCUT2D eigenvalue weighted by Gasteiger charge is 2.38. The Morgan fingerprint density at radius 3 is 2.40 bits per heavy atom. The molecular formula is C19H21F3N6O2. The normalized spacial score (nSPS) is 14.4. The van der Waals surface area contributed by atoms with E-state index >= 15 is 0 Å². The van der Waals surface area contributed by atoms with E-state index in [2.05, 4.69) is 36.9 Å². The van der Waals surface area contributed by atoms with E-state index in [1.165, 1.54) is 25.9 Å². The second-order valence-electron chi connectivity index (χ2n) is 6.74. The number of carbonyl (C=O) groups is 1. The lowest BCUT2D eigenvalue weighted by Gasteiger charge is -2.11. The molecule has 1 aliphatic heterocycles. The van der Waals surface area contributed by atoms with Crippen molar-refractivity contribution < 1.29 is 23.1 Å². The number of para-hydroxylation sites is 1. The van der Waals surface area contributed by atoms with Crippen LogP contribution in [0.1, 0.15) is 24.4 Å². The molecule has 0 spiro atoms. The summed E-state index contributed by atoms with van der Waals surface area (Å²) in [5, 5.41) is 15.7. The van der Waals surface area contributed by atoms with Gasteiger partial charge < -0.3 is 9.67 Å². The highest BCUT2D eigenvalue weighted by atomic mass is 19.4. The van der Waals surface area contributed by atoms with Crippen LogP contribution >= 0.6 is 0 Å². The monoisotopic (exact) mass is 422 g/mol. The van der Waals surface area contributed by atoms with Gasteiger partial charge in [0.1, 0.15) is 12.4 Å². The molecule has 3 heterocycles. The molecule has 8 nitrogen and oxygen atoms in total. The number of rotatable bonds is 5. The van der Waals surface area contributed by atoms with Gasteiger partial charge in [-0.05, 0) is 38.1 Å². The molecule has 0 radical (unpaired) electrons. The third-order valence-corrected chi connectivity index (χ3v) is 4.47. The Morgan fingerprint density at radius 2 is 1.77 bits per heavy atom. The molecule has 11 heteroatoms. The molecule has 4 rings (SSSR count). The summed E-state index contributed by atoms with van der Waals surface area (Å²) in [6, 6.07) is 10.2. The number of aliphatic carboxylic acids is 1. The Morgan fingerprint density at radius 1 is 1.10 bits per heavy atom. The number of likely N-dealkylation sites (tertiary alicyclic amines) is 1. The molecule has 1 fully saturated rings. The third kappa shape index (κ3) is 5.89. The minimum absolute atomic E-state index is 0.620. The van der Waals surface area contributed by atoms with E-state index in [1.807, 2.05) is 41.5 Å². The quantitative estimate of drug-likeness (QED) is 0.680. The van der Waals surface area contributed by atoms with E-state index in [1.54, 1.807) is 0 Å². The SMILES string of the molecule is O=C(O)C(F)(F)F.c1ccc(-n2ccnc2Cn2cc(CN3CCCC3)nn2)cc1. The van der Waals surface area contributed by atoms with E-state index in [-0.39, 0.29) is 0 Å². The van der Waals surface area contributed by atoms with Crippen LogP contribution in [-0.4, -0.2) is 59.8 Å². The number of hydrogen-bond donors (Lipinski definition) is 1. The van der Waals surface area contributed by atoms with Gasteiger partial charge in [-0.15, -0.1) is 5.10 Å². The predicted octanol–water partition coefficient (Wildman–Crippen LogP) is 2.74. The molecule has 160 valence electrons. The largest absolute Gasteiger partial charge is 0.490 e. The van der Waals surface area contributed by atoms with Crippen molar-refractivity contribution in [3.8, 4) is 5.69 Å². The van der Waals surface area contributed by atoms with E-state index < -0.39 is 12.1 Å². The highest BCUT2D eigenvalue weighted by molar-refractivity contribution is 5.73. The summed E-state index contributed by atoms with van der Waals surface area (Å²) >= 11 is 0. The second-order valence-corrected chi connectivity index (χ2v) is 6.74. The van der Waals surface area contributed by atoms with Gasteiger partial charge in [0.15, 0.2) is 0 Å². The van der Waals surface area contributed by atoms with Crippen molar-refractivity contribution in [3.05, 3.63) is 60.4 Å². The molecule has 3 aromatic rings. The van der Waals surface area contributed by atoms with E-state index in [4.69, 9.17) is 9.90 Å². The van der Waals surface area contributed by atoms with Gasteiger partial charge in [-0.2, -0.15) is 13.2 Å². The number of carboxylic acids is 1. The molecule has 0 bridgehead atoms. The summed E-state index contributed by atoms with van der Waals surface area (Å²) in [4.78, 5) is 15.8. The Balaban J connectivity index is 0.000000318. The maximum absolute atomic E-state index is 10.6. The van der Waals surface area contributed by atoms with Crippen molar-refractivity contribution in [1.29, 1.82) is 0 Å². The van der Waals surface area contributed by atoms with Crippen LogP contribution in [0.2, 0.25) is 0 Å². The zero-order chi connectivity index (χ0) is 21.6. The molecule has 1 saturated heterocycles. The number of imidazole rings is 1. The first-order chi connectivity index (χ1) is 14.3. The van der Waals surface area contributed by atoms with Crippen molar-refractivity contribution >= 4 is 5.97 Å². The van der Waals surface area contributed by atoms with Crippen LogP contribution in [0.3, 0.4) is 0 Å². The Hall–Kier alpha value is -3.21. The molecule has 1 N–H and O–H groups in total. The minimum atomic E-state index is -5.08. The lowest BCUT2D eigenvalue weighted by atomic mass is 10.3. The Bertz CT molecular complexity index is 949. The van der Waals surface area contributed by atoms with Crippen LogP contribution < -0.4 is 0 Å². The lowest BCUT2D eigenvalue weighted by Crippen LogP contribution is -2.21. The molecule has 30 heavy (non-hydrogen) atoms. The molecule has 2 aromatic heterocycles. The van der Waals surface area contributed by atoms with Crippen LogP contribution in [0.25, 0.3) is 5.69 Å². The number of aromatic nitrogens is 5. The van der Waals surface area contributed by atoms with Gasteiger partial charge in [0, 0.05) is 24.6 Å². The van der Waals surface area contributed by atoms with Crippen LogP contribution in [0.15, 0.2) is 48.9 Å². The molecule has 0 saturated carbocycles. The van der Waals surface area contributed by atoms with E-state index in [0.29, 0.717) is 6.54 Å². The van der Waals surface area contributed by atoms with Crippen LogP contribution in [0.4, 0.5) is 13.2 Å². The van der Waals surface area contributed by atoms with Crippen molar-refractivity contribution in [1.82, 2.24) is 29.4 Å². The van der Waals surface area contributed by atoms with Gasteiger partial charge in [-0.1, -0.05) is 23.4 Å². The smallest absolute Gasteiger partial charge is 0.475 e. The number of carboxylic acid groups (broad SMARTS) is 1. The van der Waals surface area contributed by atoms with Gasteiger partial charge in [0.25, 0.3) is 0 Å². The molecule has 1 aromatic carbocycles. The van der Waals surface area contributed by atoms with Gasteiger partial charge in [0.05, 0.1) is 11.9 Å². The standard InChI is InChI=1S/C17H20N6.C2HF3O2/c1-2-6-16(7-3-1)23-11-8-18-17(23)14-22-13-15(19-20-22)12-21-9-4-5-10-21;3-2(4,5)1(6)7/h1-3,6-8,11,13H,4-5,9-10,12,14H2;(H,6,7). The van der Waals surface area contributed by atoms with Crippen molar-refractivity contribution in [2.75, 3.05) is 13.1 Å². The van der Waals surface area contributed by atoms with Gasteiger partial charge in [0.2, 0.25) is 0 Å². The molecule has 0 unspecified atom stereocenters. The average molecular weight is 422 g/mol. The fraction of sp³-hybridized carbons (Fsp3) is 0.368. The van der Waals surface area contributed by atoms with Crippen molar-refractivity contribution in [2.45, 2.75) is 32.1 Å². The highest BCUT2D eigenvalue weighted by Crippen LogP contribution is 2.14. The minimum Gasteiger partial charge on any atom is -0.475 e. The Labute approximate surface area is 170 Å². The van der Waals surface area contributed by atoms with Crippen LogP contribution in [0.5, 0.6) is 0 Å². The first kappa shape index (κ1) is 21.5. The van der Waals surface area contributed by atoms with Crippen molar-refractivity contribution in [3.63, 3.8) is 0 Å². The zero-order valence-electron chi connectivity index (χ0n) is 16.0. The fourth-order valence-electron chi connectivity index (χ4n) is 3.08. The summed E-state index contributed by atoms with van der Waals surface area (Å²) in [5.74, 6) is -1.80. The van der Waals surface area contributed by atoms with Crippen LogP contribution in [0, 0.1) is 0 Å².